The number of hydrogen-bond donors (Lipinski definition) is 4. The third-order valence-corrected chi connectivity index (χ3v) is 5.61. The average molecular weight is 461 g/mol. The lowest BCUT2D eigenvalue weighted by Gasteiger charge is -2.39. The fraction of sp³-hybridized carbons (Fsp3) is 0.412. The van der Waals surface area contributed by atoms with Crippen molar-refractivity contribution in [1.29, 1.82) is 0 Å². The van der Waals surface area contributed by atoms with Crippen LogP contribution in [0, 0.1) is 5.41 Å². The van der Waals surface area contributed by atoms with Gasteiger partial charge in [-0.05, 0) is 30.9 Å². The number of nitrogens with zero attached hydrogens (tertiary/aromatic N) is 5. The van der Waals surface area contributed by atoms with E-state index in [9.17, 15) is 0 Å². The van der Waals surface area contributed by atoms with E-state index in [0.717, 1.165) is 31.7 Å². The minimum Gasteiger partial charge on any atom is -0.382 e. The number of aromatic nitrogens is 5. The predicted octanol–water partition coefficient (Wildman–Crippen LogP) is 3.14. The van der Waals surface area contributed by atoms with Crippen LogP contribution in [0.5, 0.6) is 0 Å². The van der Waals surface area contributed by atoms with Crippen LogP contribution < -0.4 is 21.7 Å². The molecule has 0 radical (unpaired) electrons. The SMILES string of the molecule is CC1(CN)CCN(c2cnc3c(Nc4ccnc(N)c4Cl)n[nH]c3n2)CC1.Cl.Cl. The van der Waals surface area contributed by atoms with Crippen LogP contribution in [0.1, 0.15) is 19.8 Å². The van der Waals surface area contributed by atoms with Gasteiger partial charge in [0, 0.05) is 19.3 Å². The molecule has 6 N–H and O–H groups in total. The molecule has 1 fully saturated rings. The summed E-state index contributed by atoms with van der Waals surface area (Å²) in [6, 6.07) is 1.73. The van der Waals surface area contributed by atoms with E-state index in [1.165, 1.54) is 0 Å². The molecule has 0 saturated carbocycles. The minimum atomic E-state index is 0. The molecule has 1 saturated heterocycles. The Balaban J connectivity index is 0.00000150. The summed E-state index contributed by atoms with van der Waals surface area (Å²) in [4.78, 5) is 15.4. The lowest BCUT2D eigenvalue weighted by Crippen LogP contribution is -2.42. The van der Waals surface area contributed by atoms with Gasteiger partial charge in [-0.25, -0.2) is 15.0 Å². The van der Waals surface area contributed by atoms with Crippen molar-refractivity contribution < 1.29 is 0 Å². The Labute approximate surface area is 185 Å². The zero-order chi connectivity index (χ0) is 19.0. The predicted molar refractivity (Wildman–Crippen MR) is 122 cm³/mol. The maximum atomic E-state index is 6.18. The molecule has 0 spiro atoms. The molecule has 0 unspecified atom stereocenters. The molecule has 4 rings (SSSR count). The number of rotatable bonds is 4. The largest absolute Gasteiger partial charge is 0.382 e. The average Bonchev–Trinajstić information content (AvgIpc) is 3.08. The van der Waals surface area contributed by atoms with Gasteiger partial charge in [0.05, 0.1) is 11.9 Å². The van der Waals surface area contributed by atoms with Crippen LogP contribution in [-0.2, 0) is 0 Å². The Morgan fingerprint density at radius 2 is 2.00 bits per heavy atom. The summed E-state index contributed by atoms with van der Waals surface area (Å²) in [5.74, 6) is 1.62. The van der Waals surface area contributed by atoms with Gasteiger partial charge in [0.1, 0.15) is 16.7 Å². The van der Waals surface area contributed by atoms with Crippen LogP contribution in [0.2, 0.25) is 5.02 Å². The Morgan fingerprint density at radius 3 is 2.69 bits per heavy atom. The molecule has 4 heterocycles. The van der Waals surface area contributed by atoms with Gasteiger partial charge in [-0.3, -0.25) is 5.10 Å². The fourth-order valence-corrected chi connectivity index (χ4v) is 3.36. The lowest BCUT2D eigenvalue weighted by atomic mass is 9.80. The van der Waals surface area contributed by atoms with Crippen molar-refractivity contribution in [2.24, 2.45) is 11.1 Å². The Kier molecular flexibility index (Phi) is 7.34. The molecule has 9 nitrogen and oxygen atoms in total. The maximum Gasteiger partial charge on any atom is 0.180 e. The third kappa shape index (κ3) is 4.58. The van der Waals surface area contributed by atoms with E-state index in [0.29, 0.717) is 34.2 Å². The van der Waals surface area contributed by atoms with Crippen molar-refractivity contribution in [1.82, 2.24) is 25.1 Å². The minimum absolute atomic E-state index is 0. The second-order valence-electron chi connectivity index (χ2n) is 7.18. The molecule has 0 aliphatic carbocycles. The number of hydrogen-bond acceptors (Lipinski definition) is 8. The molecule has 1 aliphatic rings. The summed E-state index contributed by atoms with van der Waals surface area (Å²) in [6.07, 6.45) is 5.44. The zero-order valence-corrected chi connectivity index (χ0v) is 18.2. The number of H-pyrrole nitrogens is 1. The number of pyridine rings is 1. The molecular weight excluding hydrogens is 437 g/mol. The quantitative estimate of drug-likeness (QED) is 0.466. The molecular formula is C17H24Cl3N9. The number of anilines is 4. The van der Waals surface area contributed by atoms with Crippen LogP contribution >= 0.6 is 36.4 Å². The summed E-state index contributed by atoms with van der Waals surface area (Å²) < 4.78 is 0. The maximum absolute atomic E-state index is 6.18. The monoisotopic (exact) mass is 459 g/mol. The zero-order valence-electron chi connectivity index (χ0n) is 15.9. The number of nitrogens with two attached hydrogens (primary N) is 2. The van der Waals surface area contributed by atoms with E-state index in [1.54, 1.807) is 18.5 Å². The highest BCUT2D eigenvalue weighted by molar-refractivity contribution is 6.35. The first kappa shape index (κ1) is 23.2. The second-order valence-corrected chi connectivity index (χ2v) is 7.56. The van der Waals surface area contributed by atoms with Gasteiger partial charge in [0.15, 0.2) is 17.0 Å². The second kappa shape index (κ2) is 9.17. The molecule has 12 heteroatoms. The van der Waals surface area contributed by atoms with E-state index >= 15 is 0 Å². The summed E-state index contributed by atoms with van der Waals surface area (Å²) in [7, 11) is 0. The van der Waals surface area contributed by atoms with Crippen molar-refractivity contribution in [2.75, 3.05) is 35.6 Å². The summed E-state index contributed by atoms with van der Waals surface area (Å²) in [5, 5.41) is 10.7. The molecule has 1 aliphatic heterocycles. The first-order chi connectivity index (χ1) is 13.0. The summed E-state index contributed by atoms with van der Waals surface area (Å²) in [6.45, 7) is 4.78. The van der Waals surface area contributed by atoms with Crippen molar-refractivity contribution >= 4 is 70.7 Å². The van der Waals surface area contributed by atoms with Gasteiger partial charge in [-0.2, -0.15) is 5.10 Å². The van der Waals surface area contributed by atoms with Gasteiger partial charge in [-0.15, -0.1) is 24.8 Å². The molecule has 0 bridgehead atoms. The lowest BCUT2D eigenvalue weighted by molar-refractivity contribution is 0.258. The summed E-state index contributed by atoms with van der Waals surface area (Å²) in [5.41, 5.74) is 13.7. The van der Waals surface area contributed by atoms with E-state index in [1.807, 2.05) is 0 Å². The van der Waals surface area contributed by atoms with Crippen LogP contribution in [0.4, 0.5) is 23.1 Å². The molecule has 3 aromatic heterocycles. The standard InChI is InChI=1S/C17H22ClN9.2ClH/c1-17(9-19)3-6-27(7-4-17)11-8-22-13-15(25-26-16(13)24-11)23-10-2-5-21-14(20)12(10)18;;/h2,5,8H,3-4,6-7,9,19H2,1H3,(H4,20,21,23,24,25,26);2*1H. The Morgan fingerprint density at radius 1 is 1.28 bits per heavy atom. The number of nitrogens with one attached hydrogen (secondary N) is 2. The summed E-state index contributed by atoms with van der Waals surface area (Å²) >= 11 is 6.18. The number of fused-ring (bicyclic) bond motifs is 1. The van der Waals surface area contributed by atoms with E-state index in [2.05, 4.69) is 42.3 Å². The Bertz CT molecular complexity index is 970. The van der Waals surface area contributed by atoms with Gasteiger partial charge in [0.25, 0.3) is 0 Å². The normalized spacial score (nSPS) is 15.5. The molecule has 158 valence electrons. The molecule has 0 amide bonds. The van der Waals surface area contributed by atoms with Crippen molar-refractivity contribution in [3.05, 3.63) is 23.5 Å². The van der Waals surface area contributed by atoms with Crippen LogP contribution in [-0.4, -0.2) is 44.8 Å². The first-order valence-electron chi connectivity index (χ1n) is 8.82. The topological polar surface area (TPSA) is 135 Å². The molecule has 0 atom stereocenters. The smallest absolute Gasteiger partial charge is 0.180 e. The van der Waals surface area contributed by atoms with Gasteiger partial charge in [0.2, 0.25) is 0 Å². The fourth-order valence-electron chi connectivity index (χ4n) is 3.20. The van der Waals surface area contributed by atoms with E-state index < -0.39 is 0 Å². The number of halogens is 3. The van der Waals surface area contributed by atoms with E-state index in [-0.39, 0.29) is 36.0 Å². The van der Waals surface area contributed by atoms with Crippen molar-refractivity contribution in [2.45, 2.75) is 19.8 Å². The van der Waals surface area contributed by atoms with E-state index in [4.69, 9.17) is 23.1 Å². The van der Waals surface area contributed by atoms with Crippen LogP contribution in [0.15, 0.2) is 18.5 Å². The van der Waals surface area contributed by atoms with Crippen molar-refractivity contribution in [3.63, 3.8) is 0 Å². The number of aromatic amines is 1. The van der Waals surface area contributed by atoms with Crippen LogP contribution in [0.25, 0.3) is 11.2 Å². The van der Waals surface area contributed by atoms with Gasteiger partial charge in [-0.1, -0.05) is 18.5 Å². The Hall–Kier alpha value is -2.07. The molecule has 29 heavy (non-hydrogen) atoms. The highest BCUT2D eigenvalue weighted by Gasteiger charge is 2.29. The number of nitrogen functional groups attached to an aromatic ring is 1. The third-order valence-electron chi connectivity index (χ3n) is 5.21. The van der Waals surface area contributed by atoms with Crippen molar-refractivity contribution in [3.8, 4) is 0 Å². The van der Waals surface area contributed by atoms with Gasteiger partial charge < -0.3 is 21.7 Å². The number of piperidine rings is 1. The highest BCUT2D eigenvalue weighted by atomic mass is 35.5. The molecule has 3 aromatic rings. The van der Waals surface area contributed by atoms with Crippen LogP contribution in [0.3, 0.4) is 0 Å². The van der Waals surface area contributed by atoms with Gasteiger partial charge >= 0.3 is 0 Å². The highest BCUT2D eigenvalue weighted by Crippen LogP contribution is 2.33. The first-order valence-corrected chi connectivity index (χ1v) is 9.20. The molecule has 0 aromatic carbocycles.